The molecule has 1 N–H and O–H groups in total. The Labute approximate surface area is 117 Å². The Morgan fingerprint density at radius 1 is 1.20 bits per heavy atom. The highest BCUT2D eigenvalue weighted by Crippen LogP contribution is 2.25. The largest absolute Gasteiger partial charge is 0.550 e. The summed E-state index contributed by atoms with van der Waals surface area (Å²) in [5.41, 5.74) is 1.08. The number of rotatable bonds is 5. The number of carbonyl (C=O) groups is 2. The lowest BCUT2D eigenvalue weighted by molar-refractivity contribution is -0.313. The number of aromatic nitrogens is 1. The molecule has 0 saturated carbocycles. The van der Waals surface area contributed by atoms with Crippen molar-refractivity contribution in [3.8, 4) is 0 Å². The predicted molar refractivity (Wildman–Crippen MR) is 71.3 cm³/mol. The van der Waals surface area contributed by atoms with Gasteiger partial charge in [-0.25, -0.2) is 0 Å². The van der Waals surface area contributed by atoms with Crippen LogP contribution in [0.1, 0.15) is 18.4 Å². The molecule has 2 unspecified atom stereocenters. The van der Waals surface area contributed by atoms with Crippen LogP contribution in [-0.2, 0) is 16.0 Å². The van der Waals surface area contributed by atoms with E-state index in [-0.39, 0.29) is 5.91 Å². The minimum absolute atomic E-state index is 0.211. The first-order valence-electron chi connectivity index (χ1n) is 6.71. The Hall–Kier alpha value is -2.17. The van der Waals surface area contributed by atoms with E-state index in [0.717, 1.165) is 5.56 Å². The summed E-state index contributed by atoms with van der Waals surface area (Å²) in [5, 5.41) is 13.8. The standard InChI is InChI=1S/C15H18N2O3/c18-14(12-3-1-2-4-13(12)15(19)20)17-10-7-11-5-8-16-9-6-11/h1-2,5-6,8-9,12-13H,3-4,7,10H2,(H,17,18)(H,19,20)/p-1. The van der Waals surface area contributed by atoms with Gasteiger partial charge < -0.3 is 15.2 Å². The van der Waals surface area contributed by atoms with Crippen molar-refractivity contribution in [2.24, 2.45) is 11.8 Å². The molecule has 2 rings (SSSR count). The van der Waals surface area contributed by atoms with E-state index in [1.807, 2.05) is 18.2 Å². The third-order valence-corrected chi connectivity index (χ3v) is 3.53. The van der Waals surface area contributed by atoms with E-state index in [0.29, 0.717) is 25.8 Å². The first-order chi connectivity index (χ1) is 9.68. The van der Waals surface area contributed by atoms with Crippen LogP contribution in [-0.4, -0.2) is 23.4 Å². The van der Waals surface area contributed by atoms with E-state index in [4.69, 9.17) is 0 Å². The van der Waals surface area contributed by atoms with E-state index in [1.165, 1.54) is 0 Å². The third-order valence-electron chi connectivity index (χ3n) is 3.53. The number of amides is 1. The number of allylic oxidation sites excluding steroid dienone is 2. The van der Waals surface area contributed by atoms with Crippen molar-refractivity contribution in [3.05, 3.63) is 42.2 Å². The van der Waals surface area contributed by atoms with Crippen LogP contribution in [0.5, 0.6) is 0 Å². The Bertz CT molecular complexity index is 499. The van der Waals surface area contributed by atoms with Crippen LogP contribution in [0.4, 0.5) is 0 Å². The van der Waals surface area contributed by atoms with Gasteiger partial charge in [0.05, 0.1) is 0 Å². The number of pyridine rings is 1. The lowest BCUT2D eigenvalue weighted by Crippen LogP contribution is -2.44. The molecule has 0 saturated heterocycles. The van der Waals surface area contributed by atoms with E-state index in [1.54, 1.807) is 18.5 Å². The molecule has 20 heavy (non-hydrogen) atoms. The van der Waals surface area contributed by atoms with E-state index in [2.05, 4.69) is 10.3 Å². The molecule has 0 bridgehead atoms. The molecule has 0 aliphatic heterocycles. The maximum Gasteiger partial charge on any atom is 0.224 e. The van der Waals surface area contributed by atoms with Crippen molar-refractivity contribution in [1.82, 2.24) is 10.3 Å². The minimum atomic E-state index is -1.15. The summed E-state index contributed by atoms with van der Waals surface area (Å²) in [6.07, 6.45) is 8.58. The third kappa shape index (κ3) is 3.66. The van der Waals surface area contributed by atoms with Crippen LogP contribution < -0.4 is 10.4 Å². The number of carboxylic acid groups (broad SMARTS) is 1. The smallest absolute Gasteiger partial charge is 0.224 e. The van der Waals surface area contributed by atoms with Gasteiger partial charge in [-0.2, -0.15) is 0 Å². The van der Waals surface area contributed by atoms with Gasteiger partial charge in [0, 0.05) is 36.7 Å². The second-order valence-corrected chi connectivity index (χ2v) is 4.87. The predicted octanol–water partition coefficient (Wildman–Crippen LogP) is 0.0726. The van der Waals surface area contributed by atoms with Gasteiger partial charge in [0.2, 0.25) is 5.91 Å². The second-order valence-electron chi connectivity index (χ2n) is 4.87. The average molecular weight is 273 g/mol. The zero-order valence-corrected chi connectivity index (χ0v) is 11.1. The molecule has 1 aromatic heterocycles. The molecule has 106 valence electrons. The fraction of sp³-hybridized carbons (Fsp3) is 0.400. The topological polar surface area (TPSA) is 82.1 Å². The van der Waals surface area contributed by atoms with Crippen LogP contribution in [0.25, 0.3) is 0 Å². The highest BCUT2D eigenvalue weighted by molar-refractivity contribution is 5.84. The number of nitrogens with one attached hydrogen (secondary N) is 1. The minimum Gasteiger partial charge on any atom is -0.550 e. The van der Waals surface area contributed by atoms with E-state index >= 15 is 0 Å². The molecule has 5 heteroatoms. The van der Waals surface area contributed by atoms with Crippen LogP contribution in [0.15, 0.2) is 36.7 Å². The normalized spacial score (nSPS) is 21.4. The summed E-state index contributed by atoms with van der Waals surface area (Å²) in [6.45, 7) is 0.489. The molecule has 1 aliphatic rings. The van der Waals surface area contributed by atoms with E-state index < -0.39 is 17.8 Å². The Balaban J connectivity index is 1.85. The maximum atomic E-state index is 12.1. The summed E-state index contributed by atoms with van der Waals surface area (Å²) in [4.78, 5) is 27.0. The molecule has 0 aromatic carbocycles. The van der Waals surface area contributed by atoms with E-state index in [9.17, 15) is 14.7 Å². The van der Waals surface area contributed by atoms with Crippen molar-refractivity contribution >= 4 is 11.9 Å². The van der Waals surface area contributed by atoms with Crippen LogP contribution in [0.2, 0.25) is 0 Å². The van der Waals surface area contributed by atoms with Gasteiger partial charge in [-0.05, 0) is 37.0 Å². The first-order valence-corrected chi connectivity index (χ1v) is 6.71. The van der Waals surface area contributed by atoms with Gasteiger partial charge in [-0.15, -0.1) is 0 Å². The molecule has 5 nitrogen and oxygen atoms in total. The molecule has 1 heterocycles. The number of carbonyl (C=O) groups excluding carboxylic acids is 2. The number of hydrogen-bond acceptors (Lipinski definition) is 4. The molecular formula is C15H17N2O3-. The summed E-state index contributed by atoms with van der Waals surface area (Å²) >= 11 is 0. The number of nitrogens with zero attached hydrogens (tertiary/aromatic N) is 1. The van der Waals surface area contributed by atoms with Crippen molar-refractivity contribution in [2.45, 2.75) is 19.3 Å². The zero-order valence-electron chi connectivity index (χ0n) is 11.1. The SMILES string of the molecule is O=C([O-])C1CC=CCC1C(=O)NCCc1ccncc1. The zero-order chi connectivity index (χ0) is 14.4. The summed E-state index contributed by atoms with van der Waals surface area (Å²) in [7, 11) is 0. The molecule has 1 amide bonds. The summed E-state index contributed by atoms with van der Waals surface area (Å²) in [6, 6.07) is 3.78. The Morgan fingerprint density at radius 3 is 2.50 bits per heavy atom. The van der Waals surface area contributed by atoms with Gasteiger partial charge in [0.15, 0.2) is 0 Å². The molecule has 0 radical (unpaired) electrons. The van der Waals surface area contributed by atoms with Crippen LogP contribution in [0.3, 0.4) is 0 Å². The van der Waals surface area contributed by atoms with Crippen LogP contribution in [0, 0.1) is 11.8 Å². The highest BCUT2D eigenvalue weighted by atomic mass is 16.4. The van der Waals surface area contributed by atoms with Gasteiger partial charge >= 0.3 is 0 Å². The highest BCUT2D eigenvalue weighted by Gasteiger charge is 2.29. The number of carboxylic acids is 1. The Kier molecular flexibility index (Phi) is 4.87. The van der Waals surface area contributed by atoms with Gasteiger partial charge in [-0.1, -0.05) is 12.2 Å². The monoisotopic (exact) mass is 273 g/mol. The van der Waals surface area contributed by atoms with Crippen molar-refractivity contribution < 1.29 is 14.7 Å². The van der Waals surface area contributed by atoms with Crippen molar-refractivity contribution in [2.75, 3.05) is 6.54 Å². The molecule has 1 aliphatic carbocycles. The van der Waals surface area contributed by atoms with Crippen molar-refractivity contribution in [3.63, 3.8) is 0 Å². The quantitative estimate of drug-likeness (QED) is 0.770. The molecule has 0 spiro atoms. The maximum absolute atomic E-state index is 12.1. The number of hydrogen-bond donors (Lipinski definition) is 1. The second kappa shape index (κ2) is 6.84. The number of aliphatic carboxylic acids is 1. The Morgan fingerprint density at radius 2 is 1.85 bits per heavy atom. The first kappa shape index (κ1) is 14.2. The van der Waals surface area contributed by atoms with Gasteiger partial charge in [-0.3, -0.25) is 9.78 Å². The van der Waals surface area contributed by atoms with Gasteiger partial charge in [0.25, 0.3) is 0 Å². The molecule has 0 fully saturated rings. The lowest BCUT2D eigenvalue weighted by atomic mass is 9.82. The molecular weight excluding hydrogens is 256 g/mol. The molecule has 2 atom stereocenters. The van der Waals surface area contributed by atoms with Gasteiger partial charge in [0.1, 0.15) is 0 Å². The fourth-order valence-electron chi connectivity index (χ4n) is 2.38. The average Bonchev–Trinajstić information content (AvgIpc) is 2.48. The van der Waals surface area contributed by atoms with Crippen LogP contribution >= 0.6 is 0 Å². The fourth-order valence-corrected chi connectivity index (χ4v) is 2.38. The summed E-state index contributed by atoms with van der Waals surface area (Å²) < 4.78 is 0. The summed E-state index contributed by atoms with van der Waals surface area (Å²) in [5.74, 6) is -2.61. The lowest BCUT2D eigenvalue weighted by Gasteiger charge is -2.28. The molecule has 1 aromatic rings. The van der Waals surface area contributed by atoms with Crippen molar-refractivity contribution in [1.29, 1.82) is 0 Å².